The lowest BCUT2D eigenvalue weighted by atomic mass is 9.86. The van der Waals surface area contributed by atoms with Crippen LogP contribution in [0.4, 0.5) is 0 Å². The van der Waals surface area contributed by atoms with Crippen molar-refractivity contribution in [2.75, 3.05) is 6.54 Å². The minimum absolute atomic E-state index is 0.119. The van der Waals surface area contributed by atoms with Gasteiger partial charge in [0.05, 0.1) is 15.6 Å². The lowest BCUT2D eigenvalue weighted by Gasteiger charge is -2.21. The molecule has 3 aromatic rings. The van der Waals surface area contributed by atoms with Gasteiger partial charge in [0.15, 0.2) is 0 Å². The Kier molecular flexibility index (Phi) is 3.01. The number of hydrogen-bond acceptors (Lipinski definition) is 6. The van der Waals surface area contributed by atoms with Gasteiger partial charge in [-0.1, -0.05) is 18.0 Å². The molecule has 21 heavy (non-hydrogen) atoms. The third-order valence-electron chi connectivity index (χ3n) is 4.39. The van der Waals surface area contributed by atoms with Crippen molar-refractivity contribution in [3.05, 3.63) is 29.6 Å². The Balaban J connectivity index is 1.73. The maximum Gasteiger partial charge on any atom is 0.234 e. The molecule has 3 aromatic heterocycles. The van der Waals surface area contributed by atoms with E-state index in [1.54, 1.807) is 17.5 Å². The van der Waals surface area contributed by atoms with Crippen LogP contribution in [-0.4, -0.2) is 21.7 Å². The molecule has 0 aliphatic heterocycles. The zero-order valence-electron chi connectivity index (χ0n) is 11.6. The van der Waals surface area contributed by atoms with E-state index in [1.807, 2.05) is 11.4 Å². The van der Waals surface area contributed by atoms with Crippen molar-refractivity contribution in [3.63, 3.8) is 0 Å². The number of aromatic nitrogens is 3. The molecule has 0 aromatic carbocycles. The van der Waals surface area contributed by atoms with Crippen LogP contribution in [0.25, 0.3) is 21.6 Å². The Morgan fingerprint density at radius 2 is 2.19 bits per heavy atom. The van der Waals surface area contributed by atoms with Gasteiger partial charge in [0.2, 0.25) is 11.7 Å². The molecule has 0 spiro atoms. The van der Waals surface area contributed by atoms with Crippen LogP contribution in [0.3, 0.4) is 0 Å². The zero-order chi connectivity index (χ0) is 14.3. The zero-order valence-corrected chi connectivity index (χ0v) is 12.4. The molecule has 0 saturated heterocycles. The van der Waals surface area contributed by atoms with E-state index in [2.05, 4.69) is 21.2 Å². The number of pyridine rings is 1. The molecular weight excluding hydrogens is 284 g/mol. The van der Waals surface area contributed by atoms with E-state index in [-0.39, 0.29) is 5.41 Å². The minimum atomic E-state index is -0.119. The van der Waals surface area contributed by atoms with Crippen molar-refractivity contribution in [1.29, 1.82) is 0 Å². The molecule has 1 aliphatic carbocycles. The summed E-state index contributed by atoms with van der Waals surface area (Å²) in [6, 6.07) is 4.07. The van der Waals surface area contributed by atoms with E-state index in [1.165, 1.54) is 12.8 Å². The second-order valence-corrected chi connectivity index (χ2v) is 6.59. The largest absolute Gasteiger partial charge is 0.338 e. The summed E-state index contributed by atoms with van der Waals surface area (Å²) < 4.78 is 6.66. The van der Waals surface area contributed by atoms with Crippen molar-refractivity contribution in [1.82, 2.24) is 15.1 Å². The van der Waals surface area contributed by atoms with Crippen LogP contribution in [0, 0.1) is 0 Å². The first-order valence-corrected chi connectivity index (χ1v) is 8.07. The highest BCUT2D eigenvalue weighted by atomic mass is 32.1. The average molecular weight is 300 g/mol. The Morgan fingerprint density at radius 1 is 1.33 bits per heavy atom. The molecule has 0 amide bonds. The molecule has 1 aliphatic rings. The van der Waals surface area contributed by atoms with Crippen LogP contribution in [0.15, 0.2) is 28.2 Å². The first-order chi connectivity index (χ1) is 10.3. The molecule has 108 valence electrons. The number of thiophene rings is 1. The summed E-state index contributed by atoms with van der Waals surface area (Å²) in [6.07, 6.45) is 6.23. The summed E-state index contributed by atoms with van der Waals surface area (Å²) in [5, 5.41) is 6.17. The molecule has 2 N–H and O–H groups in total. The third kappa shape index (κ3) is 2.06. The summed E-state index contributed by atoms with van der Waals surface area (Å²) in [5.41, 5.74) is 7.75. The van der Waals surface area contributed by atoms with Crippen LogP contribution in [0.1, 0.15) is 31.6 Å². The summed E-state index contributed by atoms with van der Waals surface area (Å²) in [4.78, 5) is 9.03. The lowest BCUT2D eigenvalue weighted by molar-refractivity contribution is 0.284. The van der Waals surface area contributed by atoms with Crippen molar-refractivity contribution >= 4 is 21.6 Å². The van der Waals surface area contributed by atoms with E-state index < -0.39 is 0 Å². The number of rotatable bonds is 3. The Bertz CT molecular complexity index is 773. The van der Waals surface area contributed by atoms with Crippen molar-refractivity contribution in [3.8, 4) is 11.4 Å². The fourth-order valence-electron chi connectivity index (χ4n) is 3.08. The molecule has 0 atom stereocenters. The maximum absolute atomic E-state index is 5.97. The molecule has 0 radical (unpaired) electrons. The van der Waals surface area contributed by atoms with Gasteiger partial charge in [0, 0.05) is 18.3 Å². The number of fused-ring (bicyclic) bond motifs is 1. The predicted octanol–water partition coefficient (Wildman–Crippen LogP) is 3.12. The van der Waals surface area contributed by atoms with E-state index in [9.17, 15) is 0 Å². The number of nitrogens with two attached hydrogens (primary N) is 1. The fraction of sp³-hybridized carbons (Fsp3) is 0.400. The third-order valence-corrected chi connectivity index (χ3v) is 5.25. The van der Waals surface area contributed by atoms with Gasteiger partial charge in [-0.15, -0.1) is 11.3 Å². The monoisotopic (exact) mass is 300 g/mol. The van der Waals surface area contributed by atoms with Crippen LogP contribution >= 0.6 is 11.3 Å². The molecule has 3 heterocycles. The van der Waals surface area contributed by atoms with Gasteiger partial charge in [0.1, 0.15) is 0 Å². The fourth-order valence-corrected chi connectivity index (χ4v) is 3.86. The highest BCUT2D eigenvalue weighted by Gasteiger charge is 2.39. The smallest absolute Gasteiger partial charge is 0.234 e. The van der Waals surface area contributed by atoms with Crippen molar-refractivity contribution in [2.45, 2.75) is 31.1 Å². The second kappa shape index (κ2) is 4.89. The average Bonchev–Trinajstić information content (AvgIpc) is 3.25. The normalized spacial score (nSPS) is 17.6. The van der Waals surface area contributed by atoms with Gasteiger partial charge in [-0.2, -0.15) is 4.98 Å². The van der Waals surface area contributed by atoms with Gasteiger partial charge in [-0.3, -0.25) is 4.98 Å². The molecule has 5 nitrogen and oxygen atoms in total. The Morgan fingerprint density at radius 3 is 3.00 bits per heavy atom. The molecule has 0 unspecified atom stereocenters. The highest BCUT2D eigenvalue weighted by Crippen LogP contribution is 2.40. The van der Waals surface area contributed by atoms with E-state index in [4.69, 9.17) is 10.3 Å². The standard InChI is InChI=1S/C15H16N4OS/c16-9-15(4-1-2-5-15)14-18-13(19-20-14)10-7-12-11(17-8-10)3-6-21-12/h3,6-8H,1-2,4-5,9,16H2. The van der Waals surface area contributed by atoms with Gasteiger partial charge >= 0.3 is 0 Å². The van der Waals surface area contributed by atoms with E-state index >= 15 is 0 Å². The van der Waals surface area contributed by atoms with Crippen LogP contribution in [0.5, 0.6) is 0 Å². The molecule has 1 fully saturated rings. The van der Waals surface area contributed by atoms with Crippen LogP contribution in [-0.2, 0) is 5.41 Å². The summed E-state index contributed by atoms with van der Waals surface area (Å²) >= 11 is 1.66. The van der Waals surface area contributed by atoms with Gasteiger partial charge in [-0.25, -0.2) is 0 Å². The second-order valence-electron chi connectivity index (χ2n) is 5.64. The quantitative estimate of drug-likeness (QED) is 0.804. The highest BCUT2D eigenvalue weighted by molar-refractivity contribution is 7.17. The number of nitrogens with zero attached hydrogens (tertiary/aromatic N) is 3. The van der Waals surface area contributed by atoms with Crippen LogP contribution in [0.2, 0.25) is 0 Å². The molecular formula is C15H16N4OS. The first-order valence-electron chi connectivity index (χ1n) is 7.19. The molecule has 1 saturated carbocycles. The van der Waals surface area contributed by atoms with Gasteiger partial charge in [0.25, 0.3) is 0 Å². The predicted molar refractivity (Wildman–Crippen MR) is 82.1 cm³/mol. The Hall–Kier alpha value is -1.79. The maximum atomic E-state index is 5.97. The first kappa shape index (κ1) is 12.9. The molecule has 6 heteroatoms. The van der Waals surface area contributed by atoms with E-state index in [0.717, 1.165) is 28.6 Å². The Labute approximate surface area is 126 Å². The summed E-state index contributed by atoms with van der Waals surface area (Å²) in [5.74, 6) is 1.29. The SMILES string of the molecule is NCC1(c2nc(-c3cnc4ccsc4c3)no2)CCCC1. The lowest BCUT2D eigenvalue weighted by Crippen LogP contribution is -2.32. The van der Waals surface area contributed by atoms with Gasteiger partial charge < -0.3 is 10.3 Å². The van der Waals surface area contributed by atoms with E-state index in [0.29, 0.717) is 18.3 Å². The number of hydrogen-bond donors (Lipinski definition) is 1. The topological polar surface area (TPSA) is 77.8 Å². The van der Waals surface area contributed by atoms with Crippen molar-refractivity contribution < 1.29 is 4.52 Å². The molecule has 4 rings (SSSR count). The summed E-state index contributed by atoms with van der Waals surface area (Å²) in [6.45, 7) is 0.566. The summed E-state index contributed by atoms with van der Waals surface area (Å²) in [7, 11) is 0. The van der Waals surface area contributed by atoms with Crippen LogP contribution < -0.4 is 5.73 Å². The molecule has 0 bridgehead atoms. The van der Waals surface area contributed by atoms with Gasteiger partial charge in [-0.05, 0) is 30.4 Å². The minimum Gasteiger partial charge on any atom is -0.338 e. The van der Waals surface area contributed by atoms with Crippen molar-refractivity contribution in [2.24, 2.45) is 5.73 Å².